The summed E-state index contributed by atoms with van der Waals surface area (Å²) in [4.78, 5) is 37.6. The van der Waals surface area contributed by atoms with Crippen molar-refractivity contribution >= 4 is 39.5 Å². The lowest BCUT2D eigenvalue weighted by atomic mass is 9.94. The third-order valence-electron chi connectivity index (χ3n) is 7.46. The maximum Gasteiger partial charge on any atom is 0.339 e. The quantitative estimate of drug-likeness (QED) is 0.0812. The van der Waals surface area contributed by atoms with E-state index in [9.17, 15) is 19.7 Å². The molecule has 0 radical (unpaired) electrons. The molecule has 5 rings (SSSR count). The number of fused-ring (bicyclic) bond motifs is 5. The van der Waals surface area contributed by atoms with Crippen molar-refractivity contribution in [2.75, 3.05) is 13.9 Å². The molecule has 0 fully saturated rings. The Morgan fingerprint density at radius 3 is 2.59 bits per heavy atom. The van der Waals surface area contributed by atoms with E-state index in [1.165, 1.54) is 24.8 Å². The number of hydrogen-bond donors (Lipinski definition) is 0. The second-order valence-electron chi connectivity index (χ2n) is 10.3. The zero-order valence-electron chi connectivity index (χ0n) is 23.2. The predicted molar refractivity (Wildman–Crippen MR) is 155 cm³/mol. The number of nitro benzene ring substituents is 1. The standard InChI is InChI=1S/C32H31NO8/c1-19-7-4-9-20(2)13-22(14-21(17-34)10-5-8-19)41-32(35)25-16-28-31(40-18-39-28)30-23-11-6-12-27(38-3)24(23)15-26(29(25)30)33(36)37/h6,8-9,11-12,14-17,22H,4-5,7,10,13,18H2,1-3H3/b19-8+,20-9+,21-14+/t22-/m1/s1. The van der Waals surface area contributed by atoms with Crippen LogP contribution in [0, 0.1) is 10.1 Å². The summed E-state index contributed by atoms with van der Waals surface area (Å²) >= 11 is 0. The van der Waals surface area contributed by atoms with Crippen molar-refractivity contribution in [3.63, 3.8) is 0 Å². The van der Waals surface area contributed by atoms with Gasteiger partial charge in [0.05, 0.1) is 23.0 Å². The Labute approximate surface area is 237 Å². The summed E-state index contributed by atoms with van der Waals surface area (Å²) in [5, 5.41) is 13.9. The van der Waals surface area contributed by atoms with E-state index in [-0.39, 0.29) is 29.2 Å². The molecule has 0 N–H and O–H groups in total. The van der Waals surface area contributed by atoms with Crippen LogP contribution in [0.5, 0.6) is 17.2 Å². The number of ether oxygens (including phenoxy) is 4. The SMILES string of the molecule is COc1cccc2c1cc([N+](=O)[O-])c1c(C(=O)O[C@H]3/C=C(/C=O)CC/C=C(\C)CC/C=C(\C)C3)cc3c(c12)OCO3. The van der Waals surface area contributed by atoms with Crippen molar-refractivity contribution in [2.24, 2.45) is 0 Å². The normalized spacial score (nSPS) is 21.3. The summed E-state index contributed by atoms with van der Waals surface area (Å²) in [5.74, 6) is 0.283. The second-order valence-corrected chi connectivity index (χ2v) is 10.3. The van der Waals surface area contributed by atoms with Crippen molar-refractivity contribution in [1.82, 2.24) is 0 Å². The molecule has 2 aliphatic rings. The average molecular weight is 558 g/mol. The lowest BCUT2D eigenvalue weighted by molar-refractivity contribution is -0.383. The number of nitrogens with zero attached hydrogens (tertiary/aromatic N) is 1. The number of allylic oxidation sites excluding steroid dienone is 4. The molecule has 3 aromatic rings. The third-order valence-corrected chi connectivity index (χ3v) is 7.46. The van der Waals surface area contributed by atoms with Gasteiger partial charge in [-0.2, -0.15) is 0 Å². The first-order valence-corrected chi connectivity index (χ1v) is 13.5. The number of rotatable bonds is 5. The van der Waals surface area contributed by atoms with Crippen molar-refractivity contribution in [2.45, 2.75) is 52.1 Å². The van der Waals surface area contributed by atoms with Gasteiger partial charge in [0.1, 0.15) is 18.1 Å². The number of hydrogen-bond acceptors (Lipinski definition) is 8. The molecule has 0 aromatic heterocycles. The van der Waals surface area contributed by atoms with E-state index in [1.807, 2.05) is 6.92 Å². The molecule has 0 bridgehead atoms. The van der Waals surface area contributed by atoms with E-state index in [0.717, 1.165) is 24.7 Å². The topological polar surface area (TPSA) is 114 Å². The molecule has 0 amide bonds. The highest BCUT2D eigenvalue weighted by Crippen LogP contribution is 2.49. The summed E-state index contributed by atoms with van der Waals surface area (Å²) in [5.41, 5.74) is 2.50. The van der Waals surface area contributed by atoms with Crippen LogP contribution in [-0.2, 0) is 9.53 Å². The van der Waals surface area contributed by atoms with Crippen LogP contribution >= 0.6 is 0 Å². The Hall–Kier alpha value is -4.66. The Balaban J connectivity index is 1.66. The van der Waals surface area contributed by atoms with E-state index in [1.54, 1.807) is 24.3 Å². The van der Waals surface area contributed by atoms with Crippen molar-refractivity contribution in [3.05, 3.63) is 81.0 Å². The summed E-state index contributed by atoms with van der Waals surface area (Å²) in [6.07, 6.45) is 9.32. The highest BCUT2D eigenvalue weighted by Gasteiger charge is 2.31. The zero-order chi connectivity index (χ0) is 29.1. The number of esters is 1. The number of non-ortho nitro benzene ring substituents is 1. The molecule has 1 aliphatic carbocycles. The maximum atomic E-state index is 13.9. The van der Waals surface area contributed by atoms with Gasteiger partial charge in [-0.05, 0) is 68.7 Å². The molecule has 1 heterocycles. The van der Waals surface area contributed by atoms with E-state index in [2.05, 4.69) is 19.1 Å². The molecule has 0 saturated carbocycles. The Morgan fingerprint density at radius 1 is 1.05 bits per heavy atom. The molecule has 0 saturated heterocycles. The summed E-state index contributed by atoms with van der Waals surface area (Å²) in [6.45, 7) is 3.95. The first-order chi connectivity index (χ1) is 19.8. The minimum Gasteiger partial charge on any atom is -0.496 e. The fourth-order valence-electron chi connectivity index (χ4n) is 5.46. The number of nitro groups is 1. The first kappa shape index (κ1) is 27.9. The number of carbonyl (C=O) groups excluding carboxylic acids is 2. The van der Waals surface area contributed by atoms with Crippen LogP contribution in [0.4, 0.5) is 5.69 Å². The summed E-state index contributed by atoms with van der Waals surface area (Å²) in [6, 6.07) is 8.10. The van der Waals surface area contributed by atoms with E-state index < -0.39 is 17.0 Å². The van der Waals surface area contributed by atoms with E-state index >= 15 is 0 Å². The van der Waals surface area contributed by atoms with Gasteiger partial charge in [0.25, 0.3) is 5.69 Å². The van der Waals surface area contributed by atoms with Crippen LogP contribution in [0.1, 0.15) is 56.3 Å². The molecular formula is C32H31NO8. The van der Waals surface area contributed by atoms with Crippen molar-refractivity contribution in [1.29, 1.82) is 0 Å². The molecule has 9 heteroatoms. The average Bonchev–Trinajstić information content (AvgIpc) is 3.43. The van der Waals surface area contributed by atoms with E-state index in [4.69, 9.17) is 18.9 Å². The van der Waals surface area contributed by atoms with Crippen LogP contribution in [0.2, 0.25) is 0 Å². The van der Waals surface area contributed by atoms with Gasteiger partial charge in [-0.15, -0.1) is 0 Å². The Bertz CT molecular complexity index is 1650. The van der Waals surface area contributed by atoms with Gasteiger partial charge in [0.15, 0.2) is 11.5 Å². The van der Waals surface area contributed by atoms with Gasteiger partial charge in [-0.25, -0.2) is 4.79 Å². The minimum absolute atomic E-state index is 0.0203. The van der Waals surface area contributed by atoms with Crippen LogP contribution in [0.3, 0.4) is 0 Å². The Morgan fingerprint density at radius 2 is 1.83 bits per heavy atom. The van der Waals surface area contributed by atoms with Gasteiger partial charge >= 0.3 is 5.97 Å². The summed E-state index contributed by atoms with van der Waals surface area (Å²) < 4.78 is 22.8. The van der Waals surface area contributed by atoms with Crippen LogP contribution < -0.4 is 14.2 Å². The number of carbonyl (C=O) groups is 2. The van der Waals surface area contributed by atoms with Gasteiger partial charge in [-0.3, -0.25) is 14.9 Å². The first-order valence-electron chi connectivity index (χ1n) is 13.5. The molecular weight excluding hydrogens is 526 g/mol. The molecule has 41 heavy (non-hydrogen) atoms. The molecule has 212 valence electrons. The molecule has 3 aromatic carbocycles. The number of benzene rings is 3. The molecule has 0 unspecified atom stereocenters. The lowest BCUT2D eigenvalue weighted by Gasteiger charge is -2.18. The molecule has 0 spiro atoms. The predicted octanol–water partition coefficient (Wildman–Crippen LogP) is 7.15. The molecule has 1 aliphatic heterocycles. The highest BCUT2D eigenvalue weighted by molar-refractivity contribution is 6.22. The van der Waals surface area contributed by atoms with Gasteiger partial charge < -0.3 is 18.9 Å². The number of aldehydes is 1. The highest BCUT2D eigenvalue weighted by atomic mass is 16.7. The van der Waals surface area contributed by atoms with Crippen molar-refractivity contribution in [3.8, 4) is 17.2 Å². The third kappa shape index (κ3) is 5.66. The zero-order valence-corrected chi connectivity index (χ0v) is 23.2. The summed E-state index contributed by atoms with van der Waals surface area (Å²) in [7, 11) is 1.49. The maximum absolute atomic E-state index is 13.9. The Kier molecular flexibility index (Phi) is 8.05. The molecule has 9 nitrogen and oxygen atoms in total. The van der Waals surface area contributed by atoms with Crippen LogP contribution in [0.25, 0.3) is 21.5 Å². The van der Waals surface area contributed by atoms with Gasteiger partial charge in [0.2, 0.25) is 6.79 Å². The smallest absolute Gasteiger partial charge is 0.339 e. The lowest BCUT2D eigenvalue weighted by Crippen LogP contribution is -2.18. The largest absolute Gasteiger partial charge is 0.496 e. The van der Waals surface area contributed by atoms with Gasteiger partial charge in [0, 0.05) is 23.3 Å². The van der Waals surface area contributed by atoms with Crippen LogP contribution in [-0.4, -0.2) is 37.2 Å². The monoisotopic (exact) mass is 557 g/mol. The fraction of sp³-hybridized carbons (Fsp3) is 0.312. The van der Waals surface area contributed by atoms with E-state index in [0.29, 0.717) is 52.5 Å². The minimum atomic E-state index is -0.763. The van der Waals surface area contributed by atoms with Crippen LogP contribution in [0.15, 0.2) is 65.3 Å². The second kappa shape index (κ2) is 11.8. The number of methoxy groups -OCH3 is 1. The molecule has 1 atom stereocenters. The fourth-order valence-corrected chi connectivity index (χ4v) is 5.46. The van der Waals surface area contributed by atoms with Crippen molar-refractivity contribution < 1.29 is 33.5 Å². The van der Waals surface area contributed by atoms with Gasteiger partial charge in [-0.1, -0.05) is 35.4 Å².